The molecule has 0 aliphatic carbocycles. The molecule has 0 aliphatic heterocycles. The van der Waals surface area contributed by atoms with Crippen molar-refractivity contribution in [2.24, 2.45) is 12.8 Å². The topological polar surface area (TPSA) is 181 Å². The minimum Gasteiger partial charge on any atom is -0.480 e. The van der Waals surface area contributed by atoms with Gasteiger partial charge in [0.15, 0.2) is 17.7 Å². The molecule has 0 aliphatic rings. The highest BCUT2D eigenvalue weighted by Crippen LogP contribution is 2.35. The number of carboxylic acids is 1. The van der Waals surface area contributed by atoms with Crippen molar-refractivity contribution < 1.29 is 23.1 Å². The molecule has 2 aromatic carbocycles. The van der Waals surface area contributed by atoms with Crippen molar-refractivity contribution in [2.45, 2.75) is 38.9 Å². The van der Waals surface area contributed by atoms with E-state index in [-0.39, 0.29) is 29.5 Å². The zero-order chi connectivity index (χ0) is 32.6. The smallest absolute Gasteiger partial charge is 0.355 e. The van der Waals surface area contributed by atoms with Gasteiger partial charge in [-0.15, -0.1) is 0 Å². The van der Waals surface area contributed by atoms with Crippen LogP contribution in [0.5, 0.6) is 0 Å². The van der Waals surface area contributed by atoms with Crippen LogP contribution in [0.3, 0.4) is 0 Å². The zero-order valence-corrected chi connectivity index (χ0v) is 24.6. The van der Waals surface area contributed by atoms with Gasteiger partial charge in [-0.25, -0.2) is 41.8 Å². The summed E-state index contributed by atoms with van der Waals surface area (Å²) in [5, 5.41) is 21.6. The first-order valence-electron chi connectivity index (χ1n) is 13.5. The van der Waals surface area contributed by atoms with E-state index in [2.05, 4.69) is 25.5 Å². The first-order chi connectivity index (χ1) is 21.4. The number of aliphatic carboxylic acids is 1. The molecule has 14 nitrogen and oxygen atoms in total. The van der Waals surface area contributed by atoms with Crippen LogP contribution in [0, 0.1) is 17.5 Å². The van der Waals surface area contributed by atoms with Gasteiger partial charge in [0, 0.05) is 30.3 Å². The van der Waals surface area contributed by atoms with Crippen LogP contribution in [0.15, 0.2) is 40.3 Å². The summed E-state index contributed by atoms with van der Waals surface area (Å²) in [6.45, 7) is 0.539. The van der Waals surface area contributed by atoms with Gasteiger partial charge in [0.2, 0.25) is 5.95 Å². The van der Waals surface area contributed by atoms with Gasteiger partial charge in [-0.3, -0.25) is 9.25 Å². The van der Waals surface area contributed by atoms with E-state index in [1.165, 1.54) is 0 Å². The highest BCUT2D eigenvalue weighted by atomic mass is 35.5. The van der Waals surface area contributed by atoms with Crippen molar-refractivity contribution in [3.05, 3.63) is 91.1 Å². The number of fused-ring (bicyclic) bond motifs is 1. The van der Waals surface area contributed by atoms with E-state index in [1.807, 2.05) is 0 Å². The van der Waals surface area contributed by atoms with Crippen LogP contribution in [0.4, 0.5) is 24.8 Å². The van der Waals surface area contributed by atoms with E-state index in [0.717, 1.165) is 15.6 Å². The second kappa shape index (κ2) is 12.5. The number of nitrogens with two attached hydrogens (primary N) is 1. The molecule has 0 fully saturated rings. The molecule has 0 spiro atoms. The van der Waals surface area contributed by atoms with E-state index in [4.69, 9.17) is 17.3 Å². The van der Waals surface area contributed by atoms with Gasteiger partial charge in [-0.1, -0.05) is 18.5 Å². The molecule has 18 heteroatoms. The summed E-state index contributed by atoms with van der Waals surface area (Å²) in [6.07, 6.45) is 3.21. The van der Waals surface area contributed by atoms with Gasteiger partial charge in [-0.05, 0) is 37.1 Å². The Labute approximate surface area is 256 Å². The summed E-state index contributed by atoms with van der Waals surface area (Å²) >= 11 is 6.60. The lowest BCUT2D eigenvalue weighted by molar-refractivity contribution is -0.141. The molecule has 0 saturated heterocycles. The van der Waals surface area contributed by atoms with Crippen LogP contribution in [0.25, 0.3) is 10.9 Å². The molecular formula is C27H26ClF3N10O4. The monoisotopic (exact) mass is 646 g/mol. The fourth-order valence-corrected chi connectivity index (χ4v) is 5.23. The quantitative estimate of drug-likeness (QED) is 0.180. The molecule has 0 saturated carbocycles. The molecular weight excluding hydrogens is 621 g/mol. The predicted molar refractivity (Wildman–Crippen MR) is 156 cm³/mol. The largest absolute Gasteiger partial charge is 0.480 e. The third kappa shape index (κ3) is 6.03. The Morgan fingerprint density at radius 3 is 2.53 bits per heavy atom. The third-order valence-corrected chi connectivity index (χ3v) is 7.40. The van der Waals surface area contributed by atoms with Gasteiger partial charge in [0.1, 0.15) is 18.0 Å². The second-order valence-corrected chi connectivity index (χ2v) is 10.4. The molecule has 0 bridgehead atoms. The highest BCUT2D eigenvalue weighted by Gasteiger charge is 2.25. The number of nitrogens with one attached hydrogen (secondary N) is 1. The van der Waals surface area contributed by atoms with Gasteiger partial charge in [-0.2, -0.15) is 15.2 Å². The van der Waals surface area contributed by atoms with Crippen LogP contribution in [0.2, 0.25) is 5.02 Å². The number of nitrogens with zero attached hydrogens (tertiary/aromatic N) is 8. The summed E-state index contributed by atoms with van der Waals surface area (Å²) < 4.78 is 46.7. The molecule has 3 aromatic heterocycles. The fourth-order valence-electron chi connectivity index (χ4n) is 4.97. The molecule has 1 atom stereocenters. The number of carboxylic acid groups (broad SMARTS) is 1. The second-order valence-electron chi connectivity index (χ2n) is 10.0. The predicted octanol–water partition coefficient (Wildman–Crippen LogP) is 2.33. The van der Waals surface area contributed by atoms with E-state index in [9.17, 15) is 32.7 Å². The molecule has 0 radical (unpaired) electrons. The Bertz CT molecular complexity index is 2060. The van der Waals surface area contributed by atoms with Crippen LogP contribution in [-0.2, 0) is 31.4 Å². The third-order valence-electron chi connectivity index (χ3n) is 7.10. The van der Waals surface area contributed by atoms with Crippen LogP contribution >= 0.6 is 11.6 Å². The number of anilines is 2. The molecule has 5 rings (SSSR count). The van der Waals surface area contributed by atoms with Crippen molar-refractivity contribution in [1.82, 2.24) is 38.7 Å². The number of aryl methyl sites for hydroxylation is 1. The van der Waals surface area contributed by atoms with Gasteiger partial charge in [0.25, 0.3) is 0 Å². The van der Waals surface area contributed by atoms with Crippen LogP contribution in [0.1, 0.15) is 36.3 Å². The van der Waals surface area contributed by atoms with E-state index in [0.29, 0.717) is 39.6 Å². The van der Waals surface area contributed by atoms with E-state index < -0.39 is 65.4 Å². The number of hydrogen-bond donors (Lipinski definition) is 3. The molecule has 4 N–H and O–H groups in total. The Morgan fingerprint density at radius 1 is 1.11 bits per heavy atom. The molecule has 5 aromatic rings. The summed E-state index contributed by atoms with van der Waals surface area (Å²) in [7, 11) is 1.71. The molecule has 0 amide bonds. The Balaban J connectivity index is 1.69. The summed E-state index contributed by atoms with van der Waals surface area (Å²) in [4.78, 5) is 47.0. The minimum absolute atomic E-state index is 0.0492. The van der Waals surface area contributed by atoms with E-state index >= 15 is 0 Å². The summed E-state index contributed by atoms with van der Waals surface area (Å²) in [5.41, 5.74) is 4.67. The van der Waals surface area contributed by atoms with Crippen molar-refractivity contribution in [3.63, 3.8) is 0 Å². The summed E-state index contributed by atoms with van der Waals surface area (Å²) in [5.74, 6) is -5.61. The average molecular weight is 647 g/mol. The number of carbonyl (C=O) groups is 1. The normalized spacial score (nSPS) is 12.2. The highest BCUT2D eigenvalue weighted by molar-refractivity contribution is 6.34. The molecule has 236 valence electrons. The Kier molecular flexibility index (Phi) is 8.74. The van der Waals surface area contributed by atoms with Crippen molar-refractivity contribution in [2.75, 3.05) is 11.9 Å². The summed E-state index contributed by atoms with van der Waals surface area (Å²) in [6, 6.07) is 1.33. The molecule has 45 heavy (non-hydrogen) atoms. The van der Waals surface area contributed by atoms with Gasteiger partial charge in [0.05, 0.1) is 29.3 Å². The lowest BCUT2D eigenvalue weighted by Crippen LogP contribution is -2.43. The molecule has 1 unspecified atom stereocenters. The van der Waals surface area contributed by atoms with Gasteiger partial charge < -0.3 is 16.2 Å². The SMILES string of the molecule is CCC(C(=O)O)n1ncnc1Cn1c(=O)nc(Nc2c(Cl)cc3nn(C)cc3c2CCN)n(Cc2cc(F)c(F)cc2F)c1=O. The van der Waals surface area contributed by atoms with E-state index in [1.54, 1.807) is 30.9 Å². The maximum Gasteiger partial charge on any atom is 0.355 e. The average Bonchev–Trinajstić information content (AvgIpc) is 3.58. The maximum atomic E-state index is 14.8. The van der Waals surface area contributed by atoms with Crippen molar-refractivity contribution in [1.29, 1.82) is 0 Å². The number of aromatic nitrogens is 8. The molecule has 3 heterocycles. The maximum absolute atomic E-state index is 14.8. The van der Waals surface area contributed by atoms with Crippen molar-refractivity contribution in [3.8, 4) is 0 Å². The first-order valence-corrected chi connectivity index (χ1v) is 13.9. The fraction of sp³-hybridized carbons (Fsp3) is 0.296. The van der Waals surface area contributed by atoms with Gasteiger partial charge >= 0.3 is 17.3 Å². The first kappa shape index (κ1) is 31.4. The lowest BCUT2D eigenvalue weighted by Gasteiger charge is -2.19. The van der Waals surface area contributed by atoms with Crippen molar-refractivity contribution >= 4 is 40.1 Å². The number of rotatable bonds is 11. The Morgan fingerprint density at radius 2 is 1.84 bits per heavy atom. The number of benzene rings is 2. The standard InChI is InChI=1S/C27H26ClF3N10O4/c1-3-21(24(42)43)41-22(33-12-34-41)11-40-26(44)36-25(39(27(40)45)9-13-6-18(30)19(31)8-17(13)29)35-23-14(4-5-32)15-10-38(2)37-20(15)7-16(23)28/h6-8,10,12,21H,3-5,9,11,32H2,1-2H3,(H,42,43)(H,35,36,44). The number of hydrogen-bond acceptors (Lipinski definition) is 9. The minimum atomic E-state index is -1.43. The lowest BCUT2D eigenvalue weighted by atomic mass is 10.0. The number of halogens is 4. The van der Waals surface area contributed by atoms with Crippen LogP contribution in [-0.4, -0.2) is 56.3 Å². The Hall–Kier alpha value is -5.03. The zero-order valence-electron chi connectivity index (χ0n) is 23.8. The van der Waals surface area contributed by atoms with Crippen LogP contribution < -0.4 is 22.4 Å².